The third-order valence-corrected chi connectivity index (χ3v) is 4.68. The van der Waals surface area contributed by atoms with E-state index >= 15 is 0 Å². The number of H-pyrrole nitrogens is 1. The number of carboxylic acid groups (broad SMARTS) is 1. The molecule has 3 heterocycles. The van der Waals surface area contributed by atoms with Gasteiger partial charge in [-0.15, -0.1) is 0 Å². The van der Waals surface area contributed by atoms with E-state index in [-0.39, 0.29) is 12.1 Å². The van der Waals surface area contributed by atoms with Crippen LogP contribution in [0.3, 0.4) is 0 Å². The van der Waals surface area contributed by atoms with E-state index < -0.39 is 17.4 Å². The van der Waals surface area contributed by atoms with Crippen LogP contribution in [0.15, 0.2) is 59.9 Å². The van der Waals surface area contributed by atoms with Crippen molar-refractivity contribution in [2.24, 2.45) is 0 Å². The standard InChI is InChI=1S/C20H14ClN5O4/c21-13-6-11-8-14(20(29)30)19(28)25-17(11)12(7-13)9-23-18(27)15-10-22-4-2-16(15)26-5-1-3-24-26/h1-8,10H,9H2,(H,23,27)(H,25,28)(H,29,30). The third kappa shape index (κ3) is 3.65. The summed E-state index contributed by atoms with van der Waals surface area (Å²) in [5.41, 5.74) is 0.673. The average molecular weight is 424 g/mol. The zero-order valence-electron chi connectivity index (χ0n) is 15.3. The first-order chi connectivity index (χ1) is 14.4. The smallest absolute Gasteiger partial charge is 0.341 e. The molecular weight excluding hydrogens is 410 g/mol. The number of aromatic carboxylic acids is 1. The summed E-state index contributed by atoms with van der Waals surface area (Å²) in [5.74, 6) is -1.73. The Morgan fingerprint density at radius 2 is 2.03 bits per heavy atom. The van der Waals surface area contributed by atoms with Crippen molar-refractivity contribution in [1.82, 2.24) is 25.1 Å². The molecule has 0 aliphatic carbocycles. The second-order valence-electron chi connectivity index (χ2n) is 6.37. The lowest BCUT2D eigenvalue weighted by molar-refractivity contribution is 0.0695. The fraction of sp³-hybridized carbons (Fsp3) is 0.0500. The van der Waals surface area contributed by atoms with Gasteiger partial charge in [0.1, 0.15) is 5.56 Å². The van der Waals surface area contributed by atoms with E-state index in [2.05, 4.69) is 20.4 Å². The van der Waals surface area contributed by atoms with Crippen LogP contribution in [0.1, 0.15) is 26.3 Å². The van der Waals surface area contributed by atoms with Gasteiger partial charge < -0.3 is 15.4 Å². The number of hydrogen-bond acceptors (Lipinski definition) is 5. The highest BCUT2D eigenvalue weighted by atomic mass is 35.5. The summed E-state index contributed by atoms with van der Waals surface area (Å²) in [6.45, 7) is 0.0473. The first-order valence-electron chi connectivity index (χ1n) is 8.75. The maximum absolute atomic E-state index is 12.8. The highest BCUT2D eigenvalue weighted by Gasteiger charge is 2.16. The molecule has 30 heavy (non-hydrogen) atoms. The van der Waals surface area contributed by atoms with Crippen LogP contribution in [0.25, 0.3) is 16.6 Å². The predicted molar refractivity (Wildman–Crippen MR) is 109 cm³/mol. The number of nitrogens with one attached hydrogen (secondary N) is 2. The quantitative estimate of drug-likeness (QED) is 0.452. The van der Waals surface area contributed by atoms with Gasteiger partial charge in [0.15, 0.2) is 0 Å². The van der Waals surface area contributed by atoms with Gasteiger partial charge in [0.05, 0.1) is 16.8 Å². The minimum absolute atomic E-state index is 0.0473. The normalized spacial score (nSPS) is 10.8. The van der Waals surface area contributed by atoms with E-state index in [4.69, 9.17) is 16.7 Å². The van der Waals surface area contributed by atoms with Gasteiger partial charge in [-0.3, -0.25) is 14.6 Å². The van der Waals surface area contributed by atoms with Gasteiger partial charge in [-0.1, -0.05) is 11.6 Å². The van der Waals surface area contributed by atoms with Gasteiger partial charge >= 0.3 is 5.97 Å². The van der Waals surface area contributed by atoms with Gasteiger partial charge in [-0.25, -0.2) is 9.48 Å². The van der Waals surface area contributed by atoms with E-state index in [0.29, 0.717) is 32.7 Å². The molecular formula is C20H14ClN5O4. The number of halogens is 1. The number of carbonyl (C=O) groups is 2. The Labute approximate surface area is 174 Å². The first kappa shape index (κ1) is 19.3. The average Bonchev–Trinajstić information content (AvgIpc) is 3.26. The lowest BCUT2D eigenvalue weighted by Crippen LogP contribution is -2.25. The number of nitrogens with zero attached hydrogens (tertiary/aromatic N) is 3. The molecule has 0 aliphatic rings. The van der Waals surface area contributed by atoms with E-state index in [1.165, 1.54) is 12.3 Å². The summed E-state index contributed by atoms with van der Waals surface area (Å²) in [5, 5.41) is 16.8. The number of benzene rings is 1. The van der Waals surface area contributed by atoms with Crippen LogP contribution >= 0.6 is 11.6 Å². The Hall–Kier alpha value is -3.98. The number of rotatable bonds is 5. The molecule has 3 aromatic heterocycles. The van der Waals surface area contributed by atoms with Crippen molar-refractivity contribution >= 4 is 34.4 Å². The summed E-state index contributed by atoms with van der Waals surface area (Å²) in [6.07, 6.45) is 6.30. The summed E-state index contributed by atoms with van der Waals surface area (Å²) < 4.78 is 1.55. The number of hydrogen-bond donors (Lipinski definition) is 3. The van der Waals surface area contributed by atoms with Crippen LogP contribution in [0.5, 0.6) is 0 Å². The molecule has 1 amide bonds. The SMILES string of the molecule is O=C(NCc1cc(Cl)cc2cc(C(=O)O)c(=O)[nH]c12)c1cnccc1-n1cccn1. The molecule has 3 N–H and O–H groups in total. The number of pyridine rings is 2. The number of aromatic nitrogens is 4. The molecule has 4 rings (SSSR count). The first-order valence-corrected chi connectivity index (χ1v) is 9.13. The topological polar surface area (TPSA) is 130 Å². The molecule has 9 nitrogen and oxygen atoms in total. The molecule has 0 atom stereocenters. The second-order valence-corrected chi connectivity index (χ2v) is 6.81. The summed E-state index contributed by atoms with van der Waals surface area (Å²) in [4.78, 5) is 42.6. The second kappa shape index (κ2) is 7.80. The van der Waals surface area contributed by atoms with Crippen molar-refractivity contribution in [2.45, 2.75) is 6.54 Å². The third-order valence-electron chi connectivity index (χ3n) is 4.46. The lowest BCUT2D eigenvalue weighted by atomic mass is 10.1. The number of aromatic amines is 1. The fourth-order valence-corrected chi connectivity index (χ4v) is 3.35. The molecule has 0 unspecified atom stereocenters. The van der Waals surface area contributed by atoms with Gasteiger partial charge in [0, 0.05) is 41.7 Å². The Kier molecular flexibility index (Phi) is 5.03. The maximum atomic E-state index is 12.8. The molecule has 0 spiro atoms. The van der Waals surface area contributed by atoms with Gasteiger partial charge in [0.25, 0.3) is 11.5 Å². The van der Waals surface area contributed by atoms with Crippen molar-refractivity contribution < 1.29 is 14.7 Å². The van der Waals surface area contributed by atoms with Crippen LogP contribution < -0.4 is 10.9 Å². The van der Waals surface area contributed by atoms with E-state index in [1.807, 2.05) is 0 Å². The number of carbonyl (C=O) groups excluding carboxylic acids is 1. The molecule has 0 bridgehead atoms. The molecule has 0 fully saturated rings. The minimum Gasteiger partial charge on any atom is -0.477 e. The van der Waals surface area contributed by atoms with Crippen molar-refractivity contribution in [3.05, 3.63) is 87.2 Å². The van der Waals surface area contributed by atoms with Gasteiger partial charge in [-0.05, 0) is 35.9 Å². The Bertz CT molecular complexity index is 1330. The molecule has 4 aromatic rings. The maximum Gasteiger partial charge on any atom is 0.341 e. The van der Waals surface area contributed by atoms with Crippen molar-refractivity contribution in [2.75, 3.05) is 0 Å². The van der Waals surface area contributed by atoms with Gasteiger partial charge in [0.2, 0.25) is 0 Å². The minimum atomic E-state index is -1.34. The van der Waals surface area contributed by atoms with E-state index in [1.54, 1.807) is 47.5 Å². The molecule has 150 valence electrons. The lowest BCUT2D eigenvalue weighted by Gasteiger charge is -2.12. The van der Waals surface area contributed by atoms with Crippen LogP contribution in [0.2, 0.25) is 5.02 Å². The highest BCUT2D eigenvalue weighted by molar-refractivity contribution is 6.31. The monoisotopic (exact) mass is 423 g/mol. The highest BCUT2D eigenvalue weighted by Crippen LogP contribution is 2.23. The van der Waals surface area contributed by atoms with Crippen LogP contribution in [0, 0.1) is 0 Å². The predicted octanol–water partition coefficient (Wildman–Crippen LogP) is 2.39. The zero-order chi connectivity index (χ0) is 21.3. The Morgan fingerprint density at radius 3 is 2.77 bits per heavy atom. The van der Waals surface area contributed by atoms with E-state index in [9.17, 15) is 14.4 Å². The zero-order valence-corrected chi connectivity index (χ0v) is 16.1. The number of amides is 1. The summed E-state index contributed by atoms with van der Waals surface area (Å²) >= 11 is 6.15. The Morgan fingerprint density at radius 1 is 1.20 bits per heavy atom. The molecule has 0 saturated heterocycles. The van der Waals surface area contributed by atoms with E-state index in [0.717, 1.165) is 0 Å². The van der Waals surface area contributed by atoms with Crippen molar-refractivity contribution in [3.8, 4) is 5.69 Å². The summed E-state index contributed by atoms with van der Waals surface area (Å²) in [7, 11) is 0. The van der Waals surface area contributed by atoms with Crippen molar-refractivity contribution in [1.29, 1.82) is 0 Å². The molecule has 0 aliphatic heterocycles. The molecule has 0 saturated carbocycles. The summed E-state index contributed by atoms with van der Waals surface area (Å²) in [6, 6.07) is 7.80. The van der Waals surface area contributed by atoms with Crippen LogP contribution in [0.4, 0.5) is 0 Å². The number of carboxylic acids is 1. The van der Waals surface area contributed by atoms with Crippen LogP contribution in [-0.4, -0.2) is 36.7 Å². The molecule has 0 radical (unpaired) electrons. The fourth-order valence-electron chi connectivity index (χ4n) is 3.10. The Balaban J connectivity index is 1.66. The van der Waals surface area contributed by atoms with Gasteiger partial charge in [-0.2, -0.15) is 5.10 Å². The molecule has 10 heteroatoms. The largest absolute Gasteiger partial charge is 0.477 e. The van der Waals surface area contributed by atoms with Crippen LogP contribution in [-0.2, 0) is 6.54 Å². The van der Waals surface area contributed by atoms with Crippen molar-refractivity contribution in [3.63, 3.8) is 0 Å². The molecule has 1 aromatic carbocycles. The number of fused-ring (bicyclic) bond motifs is 1.